The van der Waals surface area contributed by atoms with Crippen LogP contribution in [-0.2, 0) is 30.8 Å². The predicted octanol–water partition coefficient (Wildman–Crippen LogP) is 4.66. The van der Waals surface area contributed by atoms with Gasteiger partial charge in [-0.05, 0) is 44.5 Å². The van der Waals surface area contributed by atoms with Gasteiger partial charge in [-0.3, -0.25) is 14.5 Å². The molecule has 1 amide bonds. The monoisotopic (exact) mass is 486 g/mol. The molecule has 3 rings (SSSR count). The maximum Gasteiger partial charge on any atom is 0.307 e. The van der Waals surface area contributed by atoms with Crippen LogP contribution in [0.1, 0.15) is 35.7 Å². The highest BCUT2D eigenvalue weighted by Gasteiger charge is 2.21. The van der Waals surface area contributed by atoms with E-state index in [1.807, 2.05) is 39.0 Å². The van der Waals surface area contributed by atoms with Gasteiger partial charge < -0.3 is 4.74 Å². The Kier molecular flexibility index (Phi) is 7.65. The van der Waals surface area contributed by atoms with Crippen LogP contribution in [0.25, 0.3) is 0 Å². The Morgan fingerprint density at radius 3 is 2.33 bits per heavy atom. The molecule has 174 valence electrons. The van der Waals surface area contributed by atoms with E-state index in [0.29, 0.717) is 10.8 Å². The van der Waals surface area contributed by atoms with Crippen LogP contribution in [0.5, 0.6) is 0 Å². The molecule has 7 nitrogen and oxygen atoms in total. The van der Waals surface area contributed by atoms with Crippen LogP contribution >= 0.6 is 11.3 Å². The van der Waals surface area contributed by atoms with Crippen molar-refractivity contribution in [2.24, 2.45) is 0 Å². The average Bonchev–Trinajstić information content (AvgIpc) is 3.21. The molecule has 33 heavy (non-hydrogen) atoms. The van der Waals surface area contributed by atoms with Gasteiger partial charge in [-0.1, -0.05) is 35.4 Å². The highest BCUT2D eigenvalue weighted by atomic mass is 32.2. The van der Waals surface area contributed by atoms with Crippen molar-refractivity contribution < 1.29 is 22.7 Å². The lowest BCUT2D eigenvalue weighted by molar-refractivity contribution is -0.144. The third kappa shape index (κ3) is 6.27. The van der Waals surface area contributed by atoms with Gasteiger partial charge in [-0.25, -0.2) is 13.4 Å². The van der Waals surface area contributed by atoms with E-state index in [-0.39, 0.29) is 29.6 Å². The Labute approximate surface area is 198 Å². The zero-order valence-corrected chi connectivity index (χ0v) is 20.6. The van der Waals surface area contributed by atoms with Crippen molar-refractivity contribution in [1.82, 2.24) is 4.98 Å². The Bertz CT molecular complexity index is 1260. The SMILES string of the molecule is CC(=O)N(c1nc(COC(=O)CCS(=O)(=O)c2ccc(C)cc2)cs1)c1ccc(C)cc1C. The van der Waals surface area contributed by atoms with E-state index < -0.39 is 15.8 Å². The molecular formula is C24H26N2O5S2. The first kappa shape index (κ1) is 24.6. The third-order valence-electron chi connectivity index (χ3n) is 4.98. The van der Waals surface area contributed by atoms with Crippen LogP contribution in [-0.4, -0.2) is 31.0 Å². The van der Waals surface area contributed by atoms with Gasteiger partial charge in [-0.2, -0.15) is 0 Å². The molecule has 0 atom stereocenters. The van der Waals surface area contributed by atoms with E-state index in [1.165, 1.54) is 35.3 Å². The molecule has 0 saturated carbocycles. The molecule has 0 fully saturated rings. The number of amides is 1. The van der Waals surface area contributed by atoms with Crippen LogP contribution < -0.4 is 4.90 Å². The molecule has 1 aromatic heterocycles. The summed E-state index contributed by atoms with van der Waals surface area (Å²) in [6.45, 7) is 7.15. The number of ether oxygens (including phenoxy) is 1. The molecule has 0 radical (unpaired) electrons. The number of rotatable bonds is 8. The van der Waals surface area contributed by atoms with Gasteiger partial charge in [0, 0.05) is 12.3 Å². The van der Waals surface area contributed by atoms with Crippen LogP contribution in [0, 0.1) is 20.8 Å². The minimum absolute atomic E-state index is 0.0987. The zero-order chi connectivity index (χ0) is 24.2. The summed E-state index contributed by atoms with van der Waals surface area (Å²) in [6, 6.07) is 12.3. The first-order chi connectivity index (χ1) is 15.6. The fourth-order valence-corrected chi connectivity index (χ4v) is 5.32. The number of thiazole rings is 1. The Balaban J connectivity index is 1.61. The van der Waals surface area contributed by atoms with Crippen LogP contribution in [0.2, 0.25) is 0 Å². The molecule has 9 heteroatoms. The van der Waals surface area contributed by atoms with E-state index >= 15 is 0 Å². The number of sulfone groups is 1. The standard InChI is InChI=1S/C24H26N2O5S2/c1-16-5-8-21(9-6-16)33(29,30)12-11-23(28)31-14-20-15-32-24(25-20)26(19(4)27)22-10-7-17(2)13-18(22)3/h5-10,13,15H,11-12,14H2,1-4H3. The molecule has 3 aromatic rings. The molecule has 0 bridgehead atoms. The Morgan fingerprint density at radius 2 is 1.70 bits per heavy atom. The zero-order valence-electron chi connectivity index (χ0n) is 19.0. The first-order valence-corrected chi connectivity index (χ1v) is 12.9. The molecule has 0 N–H and O–H groups in total. The van der Waals surface area contributed by atoms with Gasteiger partial charge in [0.1, 0.15) is 6.61 Å². The van der Waals surface area contributed by atoms with Gasteiger partial charge in [0.2, 0.25) is 5.91 Å². The number of hydrogen-bond donors (Lipinski definition) is 0. The molecule has 1 heterocycles. The maximum absolute atomic E-state index is 12.4. The number of anilines is 2. The average molecular weight is 487 g/mol. The lowest BCUT2D eigenvalue weighted by atomic mass is 10.1. The summed E-state index contributed by atoms with van der Waals surface area (Å²) in [6.07, 6.45) is -0.255. The van der Waals surface area contributed by atoms with Crippen molar-refractivity contribution in [2.45, 2.75) is 45.6 Å². The molecule has 0 saturated heterocycles. The van der Waals surface area contributed by atoms with Crippen molar-refractivity contribution in [2.75, 3.05) is 10.7 Å². The predicted molar refractivity (Wildman–Crippen MR) is 128 cm³/mol. The molecule has 0 aliphatic heterocycles. The second-order valence-electron chi connectivity index (χ2n) is 7.81. The smallest absolute Gasteiger partial charge is 0.307 e. The van der Waals surface area contributed by atoms with E-state index in [2.05, 4.69) is 4.98 Å². The largest absolute Gasteiger partial charge is 0.459 e. The van der Waals surface area contributed by atoms with Crippen molar-refractivity contribution in [1.29, 1.82) is 0 Å². The highest BCUT2D eigenvalue weighted by molar-refractivity contribution is 7.91. The van der Waals surface area contributed by atoms with E-state index in [1.54, 1.807) is 17.5 Å². The third-order valence-corrected chi connectivity index (χ3v) is 7.58. The van der Waals surface area contributed by atoms with Gasteiger partial charge in [0.25, 0.3) is 0 Å². The maximum atomic E-state index is 12.4. The van der Waals surface area contributed by atoms with Crippen LogP contribution in [0.4, 0.5) is 10.8 Å². The summed E-state index contributed by atoms with van der Waals surface area (Å²) in [5, 5.41) is 2.19. The number of carbonyl (C=O) groups is 2. The number of carbonyl (C=O) groups excluding carboxylic acids is 2. The highest BCUT2D eigenvalue weighted by Crippen LogP contribution is 2.31. The second kappa shape index (κ2) is 10.3. The second-order valence-corrected chi connectivity index (χ2v) is 10.8. The number of esters is 1. The minimum Gasteiger partial charge on any atom is -0.459 e. The summed E-state index contributed by atoms with van der Waals surface area (Å²) in [4.78, 5) is 30.6. The van der Waals surface area contributed by atoms with Crippen LogP contribution in [0.3, 0.4) is 0 Å². The van der Waals surface area contributed by atoms with E-state index in [0.717, 1.165) is 22.4 Å². The number of aryl methyl sites for hydroxylation is 3. The Hall–Kier alpha value is -3.04. The quantitative estimate of drug-likeness (QED) is 0.430. The lowest BCUT2D eigenvalue weighted by Gasteiger charge is -2.20. The summed E-state index contributed by atoms with van der Waals surface area (Å²) < 4.78 is 30.0. The van der Waals surface area contributed by atoms with Gasteiger partial charge in [0.15, 0.2) is 15.0 Å². The number of hydrogen-bond acceptors (Lipinski definition) is 7. The Morgan fingerprint density at radius 1 is 1.03 bits per heavy atom. The van der Waals surface area contributed by atoms with Crippen molar-refractivity contribution in [3.05, 3.63) is 70.2 Å². The molecule has 0 aliphatic rings. The summed E-state index contributed by atoms with van der Waals surface area (Å²) in [5.41, 5.74) is 4.23. The molecule has 0 unspecified atom stereocenters. The van der Waals surface area contributed by atoms with Crippen molar-refractivity contribution >= 4 is 43.9 Å². The van der Waals surface area contributed by atoms with E-state index in [4.69, 9.17) is 4.74 Å². The minimum atomic E-state index is -3.57. The van der Waals surface area contributed by atoms with Gasteiger partial charge >= 0.3 is 5.97 Å². The summed E-state index contributed by atoms with van der Waals surface area (Å²) >= 11 is 1.27. The summed E-state index contributed by atoms with van der Waals surface area (Å²) in [5.74, 6) is -1.14. The molecule has 2 aromatic carbocycles. The van der Waals surface area contributed by atoms with Crippen molar-refractivity contribution in [3.63, 3.8) is 0 Å². The van der Waals surface area contributed by atoms with E-state index in [9.17, 15) is 18.0 Å². The van der Waals surface area contributed by atoms with Crippen LogP contribution in [0.15, 0.2) is 52.7 Å². The molecule has 0 spiro atoms. The topological polar surface area (TPSA) is 93.6 Å². The summed E-state index contributed by atoms with van der Waals surface area (Å²) in [7, 11) is -3.57. The van der Waals surface area contributed by atoms with Crippen molar-refractivity contribution in [3.8, 4) is 0 Å². The number of benzene rings is 2. The number of aromatic nitrogens is 1. The molecular weight excluding hydrogens is 460 g/mol. The first-order valence-electron chi connectivity index (χ1n) is 10.3. The van der Waals surface area contributed by atoms with Gasteiger partial charge in [-0.15, -0.1) is 11.3 Å². The fraction of sp³-hybridized carbons (Fsp3) is 0.292. The fourth-order valence-electron chi connectivity index (χ4n) is 3.24. The lowest BCUT2D eigenvalue weighted by Crippen LogP contribution is -2.23. The van der Waals surface area contributed by atoms with Gasteiger partial charge in [0.05, 0.1) is 28.5 Å². The number of nitrogens with zero attached hydrogens (tertiary/aromatic N) is 2. The normalized spacial score (nSPS) is 11.3. The molecule has 0 aliphatic carbocycles.